The molecule has 0 saturated carbocycles. The van der Waals surface area contributed by atoms with Gasteiger partial charge in [-0.3, -0.25) is 0 Å². The van der Waals surface area contributed by atoms with Gasteiger partial charge in [-0.1, -0.05) is 6.07 Å². The van der Waals surface area contributed by atoms with Gasteiger partial charge >= 0.3 is 0 Å². The molecule has 0 amide bonds. The van der Waals surface area contributed by atoms with Crippen molar-refractivity contribution < 1.29 is 0 Å². The molecular weight excluding hydrogens is 166 g/mol. The average molecular weight is 171 g/mol. The van der Waals surface area contributed by atoms with Crippen molar-refractivity contribution in [2.24, 2.45) is 0 Å². The van der Waals surface area contributed by atoms with Gasteiger partial charge in [0.05, 0.1) is 0 Å². The molecule has 8 heavy (non-hydrogen) atoms. The molecule has 1 radical (unpaired) electrons. The van der Waals surface area contributed by atoms with Gasteiger partial charge in [0.15, 0.2) is 0 Å². The molecule has 1 rings (SSSR count). The van der Waals surface area contributed by atoms with E-state index in [2.05, 4.69) is 22.0 Å². The summed E-state index contributed by atoms with van der Waals surface area (Å²) in [5.41, 5.74) is 6.21. The second-order valence-electron chi connectivity index (χ2n) is 1.45. The summed E-state index contributed by atoms with van der Waals surface area (Å²) in [5.74, 6) is 0. The van der Waals surface area contributed by atoms with E-state index >= 15 is 0 Å². The topological polar surface area (TPSA) is 26.0 Å². The van der Waals surface area contributed by atoms with Crippen LogP contribution in [-0.2, 0) is 0 Å². The Kier molecular flexibility index (Phi) is 1.53. The van der Waals surface area contributed by atoms with Crippen molar-refractivity contribution in [1.29, 1.82) is 0 Å². The predicted molar refractivity (Wildman–Crippen MR) is 37.4 cm³/mol. The Morgan fingerprint density at radius 1 is 1.62 bits per heavy atom. The lowest BCUT2D eigenvalue weighted by molar-refractivity contribution is 1.62. The van der Waals surface area contributed by atoms with Crippen molar-refractivity contribution >= 4 is 21.6 Å². The van der Waals surface area contributed by atoms with E-state index in [0.29, 0.717) is 0 Å². The molecule has 0 unspecified atom stereocenters. The monoisotopic (exact) mass is 170 g/mol. The van der Waals surface area contributed by atoms with Crippen molar-refractivity contribution in [3.63, 3.8) is 0 Å². The molecule has 0 saturated heterocycles. The number of benzene rings is 1. The summed E-state index contributed by atoms with van der Waals surface area (Å²) in [6.45, 7) is 0. The summed E-state index contributed by atoms with van der Waals surface area (Å²) >= 11 is 3.24. The highest BCUT2D eigenvalue weighted by molar-refractivity contribution is 9.10. The van der Waals surface area contributed by atoms with Crippen LogP contribution in [-0.4, -0.2) is 0 Å². The van der Waals surface area contributed by atoms with E-state index in [1.54, 1.807) is 18.2 Å². The molecule has 1 aromatic rings. The lowest BCUT2D eigenvalue weighted by atomic mass is 10.3. The van der Waals surface area contributed by atoms with E-state index in [1.807, 2.05) is 0 Å². The first-order chi connectivity index (χ1) is 3.80. The maximum atomic E-state index is 5.45. The third kappa shape index (κ3) is 1.01. The number of hydrogen-bond acceptors (Lipinski definition) is 1. The highest BCUT2D eigenvalue weighted by Crippen LogP contribution is 2.16. The summed E-state index contributed by atoms with van der Waals surface area (Å²) in [6.07, 6.45) is 0. The molecule has 0 aromatic heterocycles. The van der Waals surface area contributed by atoms with Crippen LogP contribution >= 0.6 is 15.9 Å². The fourth-order valence-electron chi connectivity index (χ4n) is 0.422. The molecule has 2 N–H and O–H groups in total. The van der Waals surface area contributed by atoms with E-state index < -0.39 is 0 Å². The SMILES string of the molecule is Nc1cc[c]cc1Br. The van der Waals surface area contributed by atoms with Crippen LogP contribution in [0.4, 0.5) is 5.69 Å². The van der Waals surface area contributed by atoms with Crippen molar-refractivity contribution in [3.05, 3.63) is 28.7 Å². The highest BCUT2D eigenvalue weighted by Gasteiger charge is 1.87. The van der Waals surface area contributed by atoms with E-state index in [9.17, 15) is 0 Å². The first-order valence-corrected chi connectivity index (χ1v) is 3.01. The van der Waals surface area contributed by atoms with Gasteiger partial charge in [-0.05, 0) is 34.1 Å². The molecule has 41 valence electrons. The molecule has 1 nitrogen and oxygen atoms in total. The lowest BCUT2D eigenvalue weighted by Gasteiger charge is -1.91. The van der Waals surface area contributed by atoms with Crippen LogP contribution in [0.25, 0.3) is 0 Å². The first-order valence-electron chi connectivity index (χ1n) is 2.22. The quantitative estimate of drug-likeness (QED) is 0.592. The summed E-state index contributed by atoms with van der Waals surface area (Å²) in [6, 6.07) is 8.24. The maximum absolute atomic E-state index is 5.45. The Labute approximate surface area is 56.6 Å². The molecule has 0 aliphatic rings. The number of hydrogen-bond donors (Lipinski definition) is 1. The van der Waals surface area contributed by atoms with Crippen molar-refractivity contribution in [2.75, 3.05) is 5.73 Å². The van der Waals surface area contributed by atoms with Crippen LogP contribution in [0.3, 0.4) is 0 Å². The third-order valence-electron chi connectivity index (χ3n) is 0.845. The zero-order valence-corrected chi connectivity index (χ0v) is 5.77. The van der Waals surface area contributed by atoms with Crippen LogP contribution < -0.4 is 5.73 Å². The van der Waals surface area contributed by atoms with E-state index in [4.69, 9.17) is 5.73 Å². The van der Waals surface area contributed by atoms with E-state index in [0.717, 1.165) is 10.2 Å². The molecular formula is C6H5BrN. The van der Waals surface area contributed by atoms with Gasteiger partial charge in [0.2, 0.25) is 0 Å². The normalized spacial score (nSPS) is 9.12. The zero-order valence-electron chi connectivity index (χ0n) is 4.19. The molecule has 1 aromatic carbocycles. The van der Waals surface area contributed by atoms with Crippen LogP contribution in [0.1, 0.15) is 0 Å². The minimum atomic E-state index is 0.753. The molecule has 0 bridgehead atoms. The standard InChI is InChI=1S/C6H5BrN/c7-5-3-1-2-4-6(5)8/h2-4H,8H2. The maximum Gasteiger partial charge on any atom is 0.0458 e. The number of nitrogen functional groups attached to an aromatic ring is 1. The largest absolute Gasteiger partial charge is 0.398 e. The molecule has 0 fully saturated rings. The molecule has 0 heterocycles. The van der Waals surface area contributed by atoms with Crippen molar-refractivity contribution in [1.82, 2.24) is 0 Å². The van der Waals surface area contributed by atoms with Crippen molar-refractivity contribution in [2.45, 2.75) is 0 Å². The second kappa shape index (κ2) is 2.18. The fourth-order valence-corrected chi connectivity index (χ4v) is 0.686. The summed E-state index contributed by atoms with van der Waals surface area (Å²) < 4.78 is 0.903. The zero-order chi connectivity index (χ0) is 5.98. The number of nitrogens with two attached hydrogens (primary N) is 1. The Morgan fingerprint density at radius 3 is 2.75 bits per heavy atom. The first kappa shape index (κ1) is 5.63. The van der Waals surface area contributed by atoms with Gasteiger partial charge in [-0.25, -0.2) is 0 Å². The fraction of sp³-hybridized carbons (Fsp3) is 0. The average Bonchev–Trinajstić information content (AvgIpc) is 1.77. The smallest absolute Gasteiger partial charge is 0.0458 e. The highest BCUT2D eigenvalue weighted by atomic mass is 79.9. The summed E-state index contributed by atoms with van der Waals surface area (Å²) in [4.78, 5) is 0. The second-order valence-corrected chi connectivity index (χ2v) is 2.30. The van der Waals surface area contributed by atoms with Crippen LogP contribution in [0, 0.1) is 6.07 Å². The van der Waals surface area contributed by atoms with Gasteiger partial charge in [0.25, 0.3) is 0 Å². The van der Waals surface area contributed by atoms with Crippen LogP contribution in [0.2, 0.25) is 0 Å². The van der Waals surface area contributed by atoms with E-state index in [1.165, 1.54) is 0 Å². The van der Waals surface area contributed by atoms with Crippen LogP contribution in [0.15, 0.2) is 22.7 Å². The summed E-state index contributed by atoms with van der Waals surface area (Å²) in [7, 11) is 0. The van der Waals surface area contributed by atoms with Gasteiger partial charge in [-0.2, -0.15) is 0 Å². The Bertz CT molecular complexity index is 165. The van der Waals surface area contributed by atoms with Gasteiger partial charge in [-0.15, -0.1) is 0 Å². The third-order valence-corrected chi connectivity index (χ3v) is 1.53. The minimum absolute atomic E-state index is 0.753. The minimum Gasteiger partial charge on any atom is -0.398 e. The Balaban J connectivity index is 3.13. The van der Waals surface area contributed by atoms with Gasteiger partial charge in [0.1, 0.15) is 0 Å². The van der Waals surface area contributed by atoms with Crippen molar-refractivity contribution in [3.8, 4) is 0 Å². The Hall–Kier alpha value is -0.500. The van der Waals surface area contributed by atoms with Crippen LogP contribution in [0.5, 0.6) is 0 Å². The molecule has 2 heteroatoms. The number of halogens is 1. The Morgan fingerprint density at radius 2 is 2.38 bits per heavy atom. The molecule has 0 aliphatic heterocycles. The number of anilines is 1. The predicted octanol–water partition coefficient (Wildman–Crippen LogP) is 1.83. The molecule has 0 spiro atoms. The molecule has 0 aliphatic carbocycles. The summed E-state index contributed by atoms with van der Waals surface area (Å²) in [5, 5.41) is 0. The van der Waals surface area contributed by atoms with Gasteiger partial charge in [0, 0.05) is 10.2 Å². The van der Waals surface area contributed by atoms with E-state index in [-0.39, 0.29) is 0 Å². The number of rotatable bonds is 0. The van der Waals surface area contributed by atoms with Gasteiger partial charge < -0.3 is 5.73 Å². The lowest BCUT2D eigenvalue weighted by Crippen LogP contribution is -1.83. The molecule has 0 atom stereocenters.